The Morgan fingerprint density at radius 1 is 1.43 bits per heavy atom. The number of hydrogen-bond acceptors (Lipinski definition) is 3. The van der Waals surface area contributed by atoms with Gasteiger partial charge in [-0.1, -0.05) is 12.1 Å². The summed E-state index contributed by atoms with van der Waals surface area (Å²) in [6, 6.07) is 7.89. The second-order valence-corrected chi connectivity index (χ2v) is 8.14. The van der Waals surface area contributed by atoms with E-state index >= 15 is 0 Å². The smallest absolute Gasteiger partial charge is 0.253 e. The molecule has 4 heteroatoms. The fraction of sp³-hybridized carbons (Fsp3) is 0.632. The van der Waals surface area contributed by atoms with E-state index in [0.29, 0.717) is 12.3 Å². The number of aryl methyl sites for hydroxylation is 1. The van der Waals surface area contributed by atoms with Gasteiger partial charge in [-0.2, -0.15) is 11.8 Å². The molecule has 1 fully saturated rings. The minimum absolute atomic E-state index is 0.154. The molecule has 0 spiro atoms. The van der Waals surface area contributed by atoms with Crippen molar-refractivity contribution in [3.63, 3.8) is 0 Å². The average molecular weight is 336 g/mol. The van der Waals surface area contributed by atoms with E-state index in [4.69, 9.17) is 0 Å². The van der Waals surface area contributed by atoms with Gasteiger partial charge >= 0.3 is 0 Å². The van der Waals surface area contributed by atoms with Crippen LogP contribution < -0.4 is 0 Å². The monoisotopic (exact) mass is 335 g/mol. The molecule has 1 atom stereocenters. The Labute approximate surface area is 144 Å². The lowest BCUT2D eigenvalue weighted by Crippen LogP contribution is -2.40. The predicted octanol–water partition coefficient (Wildman–Crippen LogP) is 3.61. The normalized spacial score (nSPS) is 19.0. The van der Waals surface area contributed by atoms with E-state index in [2.05, 4.69) is 6.26 Å². The van der Waals surface area contributed by atoms with Crippen molar-refractivity contribution in [1.29, 1.82) is 0 Å². The molecule has 0 radical (unpaired) electrons. The lowest BCUT2D eigenvalue weighted by atomic mass is 9.96. The number of thioether (sulfide) groups is 1. The van der Waals surface area contributed by atoms with E-state index in [9.17, 15) is 9.90 Å². The molecular formula is C19H29NO2S. The van der Waals surface area contributed by atoms with Crippen LogP contribution in [0.5, 0.6) is 0 Å². The second-order valence-electron chi connectivity index (χ2n) is 7.23. The Kier molecular flexibility index (Phi) is 6.54. The molecule has 1 saturated heterocycles. The fourth-order valence-corrected chi connectivity index (χ4v) is 3.86. The van der Waals surface area contributed by atoms with E-state index in [-0.39, 0.29) is 5.91 Å². The summed E-state index contributed by atoms with van der Waals surface area (Å²) in [6.07, 6.45) is 5.96. The summed E-state index contributed by atoms with van der Waals surface area (Å²) in [7, 11) is 0. The molecule has 2 rings (SSSR count). The van der Waals surface area contributed by atoms with Crippen molar-refractivity contribution in [1.82, 2.24) is 4.90 Å². The Balaban J connectivity index is 2.01. The summed E-state index contributed by atoms with van der Waals surface area (Å²) in [4.78, 5) is 14.8. The van der Waals surface area contributed by atoms with Gasteiger partial charge in [0.15, 0.2) is 0 Å². The standard InChI is InChI=1S/C19H29NO2S/c1-19(2,22)10-9-15-6-4-8-17(12-15)18(21)20-11-5-7-16(13-20)14-23-3/h4,6,8,12,16,22H,5,7,9-11,13-14H2,1-3H3. The Hall–Kier alpha value is -1.00. The number of rotatable bonds is 6. The number of likely N-dealkylation sites (tertiary alicyclic amines) is 1. The fourth-order valence-electron chi connectivity index (χ4n) is 3.11. The van der Waals surface area contributed by atoms with Gasteiger partial charge < -0.3 is 10.0 Å². The highest BCUT2D eigenvalue weighted by atomic mass is 32.2. The zero-order valence-electron chi connectivity index (χ0n) is 14.5. The molecule has 3 nitrogen and oxygen atoms in total. The van der Waals surface area contributed by atoms with E-state index < -0.39 is 5.60 Å². The number of aliphatic hydroxyl groups is 1. The molecule has 0 saturated carbocycles. The van der Waals surface area contributed by atoms with Crippen molar-refractivity contribution in [2.75, 3.05) is 25.1 Å². The number of benzene rings is 1. The minimum atomic E-state index is -0.669. The highest BCUT2D eigenvalue weighted by molar-refractivity contribution is 7.98. The van der Waals surface area contributed by atoms with Crippen LogP contribution in [0.4, 0.5) is 0 Å². The SMILES string of the molecule is CSCC1CCCN(C(=O)c2cccc(CCC(C)(C)O)c2)C1. The first-order valence-electron chi connectivity index (χ1n) is 8.48. The molecular weight excluding hydrogens is 306 g/mol. The second kappa shape index (κ2) is 8.20. The lowest BCUT2D eigenvalue weighted by molar-refractivity contribution is 0.0685. The molecule has 1 N–H and O–H groups in total. The van der Waals surface area contributed by atoms with Gasteiger partial charge in [0.05, 0.1) is 5.60 Å². The summed E-state index contributed by atoms with van der Waals surface area (Å²) in [5, 5.41) is 9.86. The van der Waals surface area contributed by atoms with Crippen LogP contribution in [-0.2, 0) is 6.42 Å². The minimum Gasteiger partial charge on any atom is -0.390 e. The number of piperidine rings is 1. The first kappa shape index (κ1) is 18.3. The Morgan fingerprint density at radius 3 is 2.91 bits per heavy atom. The van der Waals surface area contributed by atoms with Gasteiger partial charge in [-0.25, -0.2) is 0 Å². The van der Waals surface area contributed by atoms with Crippen LogP contribution in [0.15, 0.2) is 24.3 Å². The topological polar surface area (TPSA) is 40.5 Å². The molecule has 0 aromatic heterocycles. The van der Waals surface area contributed by atoms with Gasteiger partial charge in [-0.3, -0.25) is 4.79 Å². The molecule has 128 valence electrons. The zero-order chi connectivity index (χ0) is 16.9. The van der Waals surface area contributed by atoms with Crippen LogP contribution in [0.2, 0.25) is 0 Å². The molecule has 1 aliphatic heterocycles. The largest absolute Gasteiger partial charge is 0.390 e. The van der Waals surface area contributed by atoms with Gasteiger partial charge in [0.25, 0.3) is 5.91 Å². The summed E-state index contributed by atoms with van der Waals surface area (Å²) in [6.45, 7) is 5.40. The van der Waals surface area contributed by atoms with E-state index in [1.165, 1.54) is 6.42 Å². The maximum atomic E-state index is 12.8. The first-order chi connectivity index (χ1) is 10.9. The van der Waals surface area contributed by atoms with Crippen LogP contribution in [0, 0.1) is 5.92 Å². The van der Waals surface area contributed by atoms with Crippen molar-refractivity contribution in [3.05, 3.63) is 35.4 Å². The van der Waals surface area contributed by atoms with Gasteiger partial charge in [-0.15, -0.1) is 0 Å². The molecule has 0 aliphatic carbocycles. The van der Waals surface area contributed by atoms with Crippen molar-refractivity contribution in [3.8, 4) is 0 Å². The average Bonchev–Trinajstić information content (AvgIpc) is 2.52. The number of amides is 1. The molecule has 1 aliphatic rings. The molecule has 1 amide bonds. The van der Waals surface area contributed by atoms with Gasteiger partial charge in [0, 0.05) is 18.7 Å². The van der Waals surface area contributed by atoms with E-state index in [0.717, 1.165) is 42.8 Å². The van der Waals surface area contributed by atoms with Gasteiger partial charge in [0.2, 0.25) is 0 Å². The molecule has 1 heterocycles. The third-order valence-corrected chi connectivity index (χ3v) is 5.21. The quantitative estimate of drug-likeness (QED) is 0.863. The Morgan fingerprint density at radius 2 is 2.22 bits per heavy atom. The molecule has 1 aromatic rings. The lowest BCUT2D eigenvalue weighted by Gasteiger charge is -2.32. The summed E-state index contributed by atoms with van der Waals surface area (Å²) in [5.41, 5.74) is 1.23. The summed E-state index contributed by atoms with van der Waals surface area (Å²) in [5.74, 6) is 1.91. The highest BCUT2D eigenvalue weighted by Crippen LogP contribution is 2.22. The van der Waals surface area contributed by atoms with Gasteiger partial charge in [0.1, 0.15) is 0 Å². The van der Waals surface area contributed by atoms with Crippen LogP contribution in [0.3, 0.4) is 0 Å². The number of nitrogens with zero attached hydrogens (tertiary/aromatic N) is 1. The first-order valence-corrected chi connectivity index (χ1v) is 9.88. The summed E-state index contributed by atoms with van der Waals surface area (Å²) < 4.78 is 0. The van der Waals surface area contributed by atoms with E-state index in [1.54, 1.807) is 0 Å². The number of hydrogen-bond donors (Lipinski definition) is 1. The third-order valence-electron chi connectivity index (χ3n) is 4.41. The maximum absolute atomic E-state index is 12.8. The molecule has 1 unspecified atom stereocenters. The highest BCUT2D eigenvalue weighted by Gasteiger charge is 2.24. The van der Waals surface area contributed by atoms with Crippen molar-refractivity contribution in [2.24, 2.45) is 5.92 Å². The van der Waals surface area contributed by atoms with E-state index in [1.807, 2.05) is 54.8 Å². The van der Waals surface area contributed by atoms with Gasteiger partial charge in [-0.05, 0) is 75.2 Å². The predicted molar refractivity (Wildman–Crippen MR) is 98.1 cm³/mol. The third kappa shape index (κ3) is 5.85. The summed E-state index contributed by atoms with van der Waals surface area (Å²) >= 11 is 1.87. The van der Waals surface area contributed by atoms with Crippen LogP contribution >= 0.6 is 11.8 Å². The number of carbonyl (C=O) groups is 1. The van der Waals surface area contributed by atoms with Crippen molar-refractivity contribution < 1.29 is 9.90 Å². The van der Waals surface area contributed by atoms with Crippen LogP contribution in [0.25, 0.3) is 0 Å². The van der Waals surface area contributed by atoms with Crippen molar-refractivity contribution >= 4 is 17.7 Å². The molecule has 0 bridgehead atoms. The maximum Gasteiger partial charge on any atom is 0.253 e. The molecule has 1 aromatic carbocycles. The Bertz CT molecular complexity index is 522. The zero-order valence-corrected chi connectivity index (χ0v) is 15.4. The van der Waals surface area contributed by atoms with Crippen molar-refractivity contribution in [2.45, 2.75) is 45.1 Å². The van der Waals surface area contributed by atoms with Crippen LogP contribution in [-0.4, -0.2) is 46.6 Å². The van der Waals surface area contributed by atoms with Crippen LogP contribution in [0.1, 0.15) is 49.0 Å². The molecule has 23 heavy (non-hydrogen) atoms. The number of carbonyl (C=O) groups excluding carboxylic acids is 1.